The summed E-state index contributed by atoms with van der Waals surface area (Å²) in [6.07, 6.45) is 7.68. The number of hydrogen-bond acceptors (Lipinski definition) is 5. The van der Waals surface area contributed by atoms with Crippen molar-refractivity contribution < 1.29 is 9.59 Å². The van der Waals surface area contributed by atoms with Gasteiger partial charge in [0.1, 0.15) is 0 Å². The summed E-state index contributed by atoms with van der Waals surface area (Å²) in [5, 5.41) is 2.12. The van der Waals surface area contributed by atoms with Crippen LogP contribution in [0.2, 0.25) is 0 Å². The van der Waals surface area contributed by atoms with Crippen LogP contribution >= 0.6 is 11.8 Å². The van der Waals surface area contributed by atoms with Gasteiger partial charge in [-0.2, -0.15) is 0 Å². The van der Waals surface area contributed by atoms with Crippen LogP contribution in [0.1, 0.15) is 12.8 Å². The molecule has 1 amide bonds. The van der Waals surface area contributed by atoms with Crippen LogP contribution in [0.25, 0.3) is 0 Å². The number of nitrogens with zero attached hydrogens (tertiary/aromatic N) is 2. The number of allylic oxidation sites excluding steroid dienone is 1. The molecule has 0 fully saturated rings. The Morgan fingerprint density at radius 2 is 2.22 bits per heavy atom. The van der Waals surface area contributed by atoms with Gasteiger partial charge in [0.05, 0.1) is 13.2 Å². The first-order valence-electron chi connectivity index (χ1n) is 5.97. The van der Waals surface area contributed by atoms with Crippen LogP contribution in [0.4, 0.5) is 0 Å². The van der Waals surface area contributed by atoms with Crippen molar-refractivity contribution in [1.29, 1.82) is 0 Å². The monoisotopic (exact) mass is 267 g/mol. The van der Waals surface area contributed by atoms with Crippen LogP contribution in [-0.4, -0.2) is 40.6 Å². The van der Waals surface area contributed by atoms with Crippen LogP contribution in [-0.2, 0) is 9.59 Å². The van der Waals surface area contributed by atoms with Gasteiger partial charge >= 0.3 is 0 Å². The number of primary amides is 1. The highest BCUT2D eigenvalue weighted by Gasteiger charge is 2.20. The number of rotatable bonds is 6. The summed E-state index contributed by atoms with van der Waals surface area (Å²) in [4.78, 5) is 26.2. The Labute approximate surface area is 111 Å². The number of nitrogens with two attached hydrogens (primary N) is 1. The van der Waals surface area contributed by atoms with Crippen molar-refractivity contribution >= 4 is 22.8 Å². The molecule has 2 heterocycles. The second-order valence-corrected chi connectivity index (χ2v) is 5.39. The zero-order valence-electron chi connectivity index (χ0n) is 10.1. The van der Waals surface area contributed by atoms with Crippen molar-refractivity contribution in [3.63, 3.8) is 0 Å². The molecule has 0 saturated carbocycles. The molecular weight excluding hydrogens is 250 g/mol. The molecule has 2 aliphatic rings. The lowest BCUT2D eigenvalue weighted by Crippen LogP contribution is -2.33. The van der Waals surface area contributed by atoms with Crippen LogP contribution in [0, 0.1) is 5.92 Å². The van der Waals surface area contributed by atoms with Gasteiger partial charge < -0.3 is 15.5 Å². The average Bonchev–Trinajstić information content (AvgIpc) is 2.89. The molecular formula is C12H17N3O2S. The highest BCUT2D eigenvalue weighted by molar-refractivity contribution is 8.16. The molecule has 2 rings (SSSR count). The Morgan fingerprint density at radius 1 is 1.44 bits per heavy atom. The number of thioether (sulfide) groups is 1. The fourth-order valence-electron chi connectivity index (χ4n) is 2.06. The first-order valence-corrected chi connectivity index (χ1v) is 6.85. The van der Waals surface area contributed by atoms with Gasteiger partial charge in [0.2, 0.25) is 5.91 Å². The summed E-state index contributed by atoms with van der Waals surface area (Å²) in [5.41, 5.74) is 5.14. The van der Waals surface area contributed by atoms with Crippen LogP contribution in [0.5, 0.6) is 0 Å². The standard InChI is InChI=1S/C12H17N3O2S/c13-11(16)8-15-6-5-14(9-15)4-1-2-10-3-7-18-12(10)17/h3,5-7,10H,1-2,4,8-9H2,(H2,13,16). The molecule has 0 aromatic carbocycles. The maximum Gasteiger partial charge on any atom is 0.236 e. The molecule has 0 aromatic rings. The maximum atomic E-state index is 11.4. The Kier molecular flexibility index (Phi) is 4.30. The minimum absolute atomic E-state index is 0.0864. The predicted octanol–water partition coefficient (Wildman–Crippen LogP) is 0.701. The molecule has 6 heteroatoms. The molecule has 0 aliphatic carbocycles. The van der Waals surface area contributed by atoms with E-state index in [4.69, 9.17) is 5.73 Å². The molecule has 0 spiro atoms. The molecule has 1 atom stereocenters. The van der Waals surface area contributed by atoms with E-state index in [1.165, 1.54) is 11.8 Å². The molecule has 1 unspecified atom stereocenters. The molecule has 0 bridgehead atoms. The van der Waals surface area contributed by atoms with Crippen molar-refractivity contribution in [2.24, 2.45) is 11.7 Å². The van der Waals surface area contributed by atoms with Crippen molar-refractivity contribution in [2.75, 3.05) is 19.8 Å². The maximum absolute atomic E-state index is 11.4. The van der Waals surface area contributed by atoms with Crippen molar-refractivity contribution in [3.8, 4) is 0 Å². The zero-order valence-corrected chi connectivity index (χ0v) is 10.9. The molecule has 98 valence electrons. The number of carbonyl (C=O) groups is 2. The van der Waals surface area contributed by atoms with Gasteiger partial charge in [-0.3, -0.25) is 9.59 Å². The fraction of sp³-hybridized carbons (Fsp3) is 0.500. The molecule has 2 aliphatic heterocycles. The smallest absolute Gasteiger partial charge is 0.236 e. The van der Waals surface area contributed by atoms with E-state index in [9.17, 15) is 9.59 Å². The topological polar surface area (TPSA) is 66.6 Å². The van der Waals surface area contributed by atoms with Crippen LogP contribution in [0.3, 0.4) is 0 Å². The predicted molar refractivity (Wildman–Crippen MR) is 71.1 cm³/mol. The van der Waals surface area contributed by atoms with Gasteiger partial charge in [0.25, 0.3) is 0 Å². The van der Waals surface area contributed by atoms with E-state index in [1.54, 1.807) is 0 Å². The van der Waals surface area contributed by atoms with E-state index in [0.29, 0.717) is 6.67 Å². The molecule has 5 nitrogen and oxygen atoms in total. The fourth-order valence-corrected chi connectivity index (χ4v) is 2.83. The van der Waals surface area contributed by atoms with Gasteiger partial charge in [-0.25, -0.2) is 0 Å². The number of hydrogen-bond donors (Lipinski definition) is 1. The van der Waals surface area contributed by atoms with Crippen molar-refractivity contribution in [2.45, 2.75) is 12.8 Å². The summed E-state index contributed by atoms with van der Waals surface area (Å²) in [7, 11) is 0. The highest BCUT2D eigenvalue weighted by Crippen LogP contribution is 2.26. The minimum atomic E-state index is -0.319. The Morgan fingerprint density at radius 3 is 2.89 bits per heavy atom. The average molecular weight is 267 g/mol. The van der Waals surface area contributed by atoms with Gasteiger partial charge in [0, 0.05) is 24.9 Å². The lowest BCUT2D eigenvalue weighted by molar-refractivity contribution is -0.118. The number of carbonyl (C=O) groups excluding carboxylic acids is 2. The first-order chi connectivity index (χ1) is 8.65. The van der Waals surface area contributed by atoms with Gasteiger partial charge in [0.15, 0.2) is 5.12 Å². The number of amides is 1. The van der Waals surface area contributed by atoms with E-state index in [0.717, 1.165) is 19.4 Å². The Bertz CT molecular complexity index is 395. The van der Waals surface area contributed by atoms with Crippen molar-refractivity contribution in [3.05, 3.63) is 23.9 Å². The third kappa shape index (κ3) is 3.53. The second-order valence-electron chi connectivity index (χ2n) is 4.48. The molecule has 0 aromatic heterocycles. The SMILES string of the molecule is NC(=O)CN1C=CN(CCCC2C=CSC2=O)C1. The molecule has 18 heavy (non-hydrogen) atoms. The van der Waals surface area contributed by atoms with Crippen molar-refractivity contribution in [1.82, 2.24) is 9.80 Å². The lowest BCUT2D eigenvalue weighted by atomic mass is 10.1. The van der Waals surface area contributed by atoms with E-state index in [2.05, 4.69) is 4.90 Å². The van der Waals surface area contributed by atoms with E-state index >= 15 is 0 Å². The quantitative estimate of drug-likeness (QED) is 0.767. The van der Waals surface area contributed by atoms with E-state index < -0.39 is 0 Å². The summed E-state index contributed by atoms with van der Waals surface area (Å²) < 4.78 is 0. The Hall–Kier alpha value is -1.43. The van der Waals surface area contributed by atoms with Gasteiger partial charge in [-0.15, -0.1) is 0 Å². The lowest BCUT2D eigenvalue weighted by Gasteiger charge is -2.20. The first kappa shape index (κ1) is 13.0. The summed E-state index contributed by atoms with van der Waals surface area (Å²) >= 11 is 1.29. The summed E-state index contributed by atoms with van der Waals surface area (Å²) in [5.74, 6) is -0.233. The zero-order chi connectivity index (χ0) is 13.0. The second kappa shape index (κ2) is 5.95. The van der Waals surface area contributed by atoms with Gasteiger partial charge in [-0.05, 0) is 18.2 Å². The minimum Gasteiger partial charge on any atom is -0.368 e. The van der Waals surface area contributed by atoms with Crippen LogP contribution < -0.4 is 5.73 Å². The molecule has 0 radical (unpaired) electrons. The largest absolute Gasteiger partial charge is 0.368 e. The van der Waals surface area contributed by atoms with Gasteiger partial charge in [-0.1, -0.05) is 17.8 Å². The Balaban J connectivity index is 1.64. The van der Waals surface area contributed by atoms with Crippen LogP contribution in [0.15, 0.2) is 23.9 Å². The summed E-state index contributed by atoms with van der Waals surface area (Å²) in [6.45, 7) is 1.85. The third-order valence-corrected chi connectivity index (χ3v) is 3.80. The third-order valence-electron chi connectivity index (χ3n) is 2.97. The van der Waals surface area contributed by atoms with E-state index in [-0.39, 0.29) is 23.5 Å². The molecule has 0 saturated heterocycles. The highest BCUT2D eigenvalue weighted by atomic mass is 32.2. The normalized spacial score (nSPS) is 22.2. The summed E-state index contributed by atoms with van der Waals surface area (Å²) in [6, 6.07) is 0. The van der Waals surface area contributed by atoms with E-state index in [1.807, 2.05) is 28.8 Å². The molecule has 2 N–H and O–H groups in total.